The van der Waals surface area contributed by atoms with Gasteiger partial charge in [-0.25, -0.2) is 0 Å². The van der Waals surface area contributed by atoms with E-state index in [2.05, 4.69) is 0 Å². The van der Waals surface area contributed by atoms with Gasteiger partial charge in [-0.3, -0.25) is 0 Å². The van der Waals surface area contributed by atoms with Gasteiger partial charge in [0.05, 0.1) is 6.61 Å². The summed E-state index contributed by atoms with van der Waals surface area (Å²) in [5.74, 6) is 0. The van der Waals surface area contributed by atoms with E-state index in [1.54, 1.807) is 0 Å². The van der Waals surface area contributed by atoms with Crippen LogP contribution in [0.25, 0.3) is 0 Å². The highest BCUT2D eigenvalue weighted by molar-refractivity contribution is 4.50. The SMILES string of the molecule is [OH2+]C1CCCCO1. The molecule has 0 spiro atoms. The lowest BCUT2D eigenvalue weighted by atomic mass is 10.2. The third-order valence-corrected chi connectivity index (χ3v) is 1.18. The van der Waals surface area contributed by atoms with E-state index in [-0.39, 0.29) is 6.29 Å². The Kier molecular flexibility index (Phi) is 1.65. The molecule has 0 radical (unpaired) electrons. The number of hydrogen-bond donors (Lipinski definition) is 0. The second kappa shape index (κ2) is 2.28. The van der Waals surface area contributed by atoms with Gasteiger partial charge < -0.3 is 9.84 Å². The third kappa shape index (κ3) is 1.45. The van der Waals surface area contributed by atoms with E-state index in [1.165, 1.54) is 6.42 Å². The van der Waals surface area contributed by atoms with Gasteiger partial charge in [-0.15, -0.1) is 0 Å². The number of hydrogen-bond acceptors (Lipinski definition) is 1. The van der Waals surface area contributed by atoms with Gasteiger partial charge in [0, 0.05) is 6.42 Å². The van der Waals surface area contributed by atoms with Gasteiger partial charge in [0.15, 0.2) is 0 Å². The summed E-state index contributed by atoms with van der Waals surface area (Å²) in [6.07, 6.45) is 3.04. The molecule has 1 fully saturated rings. The summed E-state index contributed by atoms with van der Waals surface area (Å²) in [4.78, 5) is 0. The van der Waals surface area contributed by atoms with Gasteiger partial charge in [0.2, 0.25) is 0 Å². The molecule has 1 aliphatic heterocycles. The largest absolute Gasteiger partial charge is 0.422 e. The van der Waals surface area contributed by atoms with Crippen LogP contribution in [0.1, 0.15) is 19.3 Å². The van der Waals surface area contributed by atoms with E-state index < -0.39 is 0 Å². The predicted octanol–water partition coefficient (Wildman–Crippen LogP) is 0.238. The van der Waals surface area contributed by atoms with Crippen molar-refractivity contribution in [3.8, 4) is 0 Å². The molecule has 2 heteroatoms. The molecule has 0 bridgehead atoms. The molecule has 2 nitrogen and oxygen atoms in total. The molecule has 1 saturated heterocycles. The Morgan fingerprint density at radius 2 is 2.29 bits per heavy atom. The molecule has 0 amide bonds. The van der Waals surface area contributed by atoms with E-state index >= 15 is 0 Å². The Morgan fingerprint density at radius 1 is 1.43 bits per heavy atom. The van der Waals surface area contributed by atoms with Crippen LogP contribution in [-0.2, 0) is 4.74 Å². The fourth-order valence-electron chi connectivity index (χ4n) is 0.741. The maximum atomic E-state index is 7.05. The topological polar surface area (TPSA) is 32.1 Å². The first kappa shape index (κ1) is 5.06. The standard InChI is InChI=1S/C5H10O2/c6-5-3-1-2-4-7-5/h5-6H,1-4H2/p+1. The second-order valence-electron chi connectivity index (χ2n) is 1.86. The fraction of sp³-hybridized carbons (Fsp3) is 1.00. The Balaban J connectivity index is 2.12. The maximum Gasteiger partial charge on any atom is 0.263 e. The highest BCUT2D eigenvalue weighted by Crippen LogP contribution is 2.08. The lowest BCUT2D eigenvalue weighted by Gasteiger charge is -2.12. The summed E-state index contributed by atoms with van der Waals surface area (Å²) >= 11 is 0. The smallest absolute Gasteiger partial charge is 0.263 e. The highest BCUT2D eigenvalue weighted by Gasteiger charge is 2.12. The Morgan fingerprint density at radius 3 is 2.57 bits per heavy atom. The van der Waals surface area contributed by atoms with Crippen molar-refractivity contribution < 1.29 is 9.84 Å². The summed E-state index contributed by atoms with van der Waals surface area (Å²) < 4.78 is 4.94. The first-order valence-electron chi connectivity index (χ1n) is 2.72. The number of ether oxygens (including phenoxy) is 1. The van der Waals surface area contributed by atoms with Crippen LogP contribution in [0.15, 0.2) is 0 Å². The molecule has 42 valence electrons. The van der Waals surface area contributed by atoms with Crippen molar-refractivity contribution in [1.29, 1.82) is 0 Å². The average Bonchev–Trinajstić information content (AvgIpc) is 1.69. The van der Waals surface area contributed by atoms with Crippen LogP contribution in [0.2, 0.25) is 0 Å². The Labute approximate surface area is 43.1 Å². The molecule has 7 heavy (non-hydrogen) atoms. The van der Waals surface area contributed by atoms with E-state index in [4.69, 9.17) is 9.84 Å². The molecular formula is C5H11O2+. The highest BCUT2D eigenvalue weighted by atomic mass is 16.6. The van der Waals surface area contributed by atoms with Gasteiger partial charge in [0.25, 0.3) is 6.29 Å². The molecule has 1 atom stereocenters. The minimum Gasteiger partial charge on any atom is -0.422 e. The predicted molar refractivity (Wildman–Crippen MR) is 27.2 cm³/mol. The van der Waals surface area contributed by atoms with Gasteiger partial charge in [-0.05, 0) is 12.8 Å². The van der Waals surface area contributed by atoms with Crippen molar-refractivity contribution in [1.82, 2.24) is 0 Å². The Hall–Kier alpha value is -0.0800. The molecule has 0 aromatic carbocycles. The van der Waals surface area contributed by atoms with E-state index in [1.807, 2.05) is 0 Å². The molecule has 2 N–H and O–H groups in total. The minimum atomic E-state index is -0.214. The summed E-state index contributed by atoms with van der Waals surface area (Å²) in [5, 5.41) is 7.05. The van der Waals surface area contributed by atoms with Gasteiger partial charge in [-0.2, -0.15) is 0 Å². The van der Waals surface area contributed by atoms with Crippen LogP contribution >= 0.6 is 0 Å². The molecule has 1 heterocycles. The first-order valence-corrected chi connectivity index (χ1v) is 2.72. The van der Waals surface area contributed by atoms with Crippen molar-refractivity contribution in [2.24, 2.45) is 0 Å². The van der Waals surface area contributed by atoms with Crippen LogP contribution in [0.3, 0.4) is 0 Å². The molecule has 0 aliphatic carbocycles. The molecule has 0 saturated carbocycles. The summed E-state index contributed by atoms with van der Waals surface area (Å²) in [5.41, 5.74) is 0. The van der Waals surface area contributed by atoms with Gasteiger partial charge >= 0.3 is 0 Å². The first-order chi connectivity index (χ1) is 3.39. The molecular weight excluding hydrogens is 92.1 g/mol. The van der Waals surface area contributed by atoms with E-state index in [0.717, 1.165) is 19.4 Å². The minimum absolute atomic E-state index is 0.214. The van der Waals surface area contributed by atoms with Gasteiger partial charge in [0.1, 0.15) is 0 Å². The third-order valence-electron chi connectivity index (χ3n) is 1.18. The lowest BCUT2D eigenvalue weighted by molar-refractivity contribution is -0.123. The zero-order chi connectivity index (χ0) is 5.11. The van der Waals surface area contributed by atoms with E-state index in [9.17, 15) is 0 Å². The monoisotopic (exact) mass is 103 g/mol. The van der Waals surface area contributed by atoms with Crippen molar-refractivity contribution in [2.45, 2.75) is 25.6 Å². The zero-order valence-electron chi connectivity index (χ0n) is 4.31. The molecule has 1 aliphatic rings. The fourth-order valence-corrected chi connectivity index (χ4v) is 0.741. The maximum absolute atomic E-state index is 7.05. The summed E-state index contributed by atoms with van der Waals surface area (Å²) in [7, 11) is 0. The molecule has 1 unspecified atom stereocenters. The average molecular weight is 103 g/mol. The molecule has 0 aromatic rings. The quantitative estimate of drug-likeness (QED) is 0.404. The van der Waals surface area contributed by atoms with Crippen LogP contribution in [0.4, 0.5) is 0 Å². The summed E-state index contributed by atoms with van der Waals surface area (Å²) in [6, 6.07) is 0. The second-order valence-corrected chi connectivity index (χ2v) is 1.86. The summed E-state index contributed by atoms with van der Waals surface area (Å²) in [6.45, 7) is 0.800. The van der Waals surface area contributed by atoms with Crippen molar-refractivity contribution in [2.75, 3.05) is 6.61 Å². The number of rotatable bonds is 0. The van der Waals surface area contributed by atoms with Gasteiger partial charge in [-0.1, -0.05) is 0 Å². The Bertz CT molecular complexity index is 48.0. The molecule has 1 rings (SSSR count). The van der Waals surface area contributed by atoms with E-state index in [0.29, 0.717) is 0 Å². The van der Waals surface area contributed by atoms with Crippen molar-refractivity contribution >= 4 is 0 Å². The van der Waals surface area contributed by atoms with Crippen molar-refractivity contribution in [3.05, 3.63) is 0 Å². The zero-order valence-corrected chi connectivity index (χ0v) is 4.31. The van der Waals surface area contributed by atoms with Crippen LogP contribution in [-0.4, -0.2) is 18.0 Å². The molecule has 0 aromatic heterocycles. The van der Waals surface area contributed by atoms with Crippen LogP contribution in [0.5, 0.6) is 0 Å². The van der Waals surface area contributed by atoms with Crippen molar-refractivity contribution in [3.63, 3.8) is 0 Å². The lowest BCUT2D eigenvalue weighted by Crippen LogP contribution is -2.17. The van der Waals surface area contributed by atoms with Crippen LogP contribution in [0, 0.1) is 0 Å². The normalized spacial score (nSPS) is 33.0. The van der Waals surface area contributed by atoms with Crippen LogP contribution < -0.4 is 0 Å².